The number of halogens is 3. The van der Waals surface area contributed by atoms with Gasteiger partial charge >= 0.3 is 0 Å². The molecule has 0 unspecified atom stereocenters. The molecule has 0 aliphatic rings. The lowest BCUT2D eigenvalue weighted by Gasteiger charge is -2.12. The molecule has 3 heteroatoms. The molecular formula is C12H13F3. The molecule has 0 saturated carbocycles. The van der Waals surface area contributed by atoms with Crippen molar-refractivity contribution in [2.24, 2.45) is 0 Å². The van der Waals surface area contributed by atoms with Crippen LogP contribution < -0.4 is 0 Å². The van der Waals surface area contributed by atoms with E-state index in [0.29, 0.717) is 0 Å². The Balaban J connectivity index is 3.53. The van der Waals surface area contributed by atoms with Gasteiger partial charge in [-0.2, -0.15) is 0 Å². The summed E-state index contributed by atoms with van der Waals surface area (Å²) in [5.41, 5.74) is 0.0564. The number of allylic oxidation sites excluding steroid dienone is 1. The highest BCUT2D eigenvalue weighted by molar-refractivity contribution is 5.37. The summed E-state index contributed by atoms with van der Waals surface area (Å²) >= 11 is 0. The average Bonchev–Trinajstić information content (AvgIpc) is 2.24. The van der Waals surface area contributed by atoms with Crippen LogP contribution in [0.1, 0.15) is 23.6 Å². The maximum atomic E-state index is 13.6. The zero-order chi connectivity index (χ0) is 11.6. The minimum absolute atomic E-state index is 0.107. The van der Waals surface area contributed by atoms with Crippen LogP contribution in [0, 0.1) is 24.4 Å². The Morgan fingerprint density at radius 3 is 2.13 bits per heavy atom. The lowest BCUT2D eigenvalue weighted by Crippen LogP contribution is -2.06. The van der Waals surface area contributed by atoms with Gasteiger partial charge in [0.05, 0.1) is 0 Å². The Kier molecular flexibility index (Phi) is 3.56. The second kappa shape index (κ2) is 4.51. The van der Waals surface area contributed by atoms with Crippen LogP contribution in [0.4, 0.5) is 13.2 Å². The van der Waals surface area contributed by atoms with Crippen LogP contribution in [0.2, 0.25) is 0 Å². The Hall–Kier alpha value is -1.25. The van der Waals surface area contributed by atoms with E-state index in [2.05, 4.69) is 6.58 Å². The van der Waals surface area contributed by atoms with Crippen molar-refractivity contribution in [3.63, 3.8) is 0 Å². The lowest BCUT2D eigenvalue weighted by atomic mass is 9.97. The fraction of sp³-hybridized carbons (Fsp3) is 0.333. The van der Waals surface area contributed by atoms with Crippen molar-refractivity contribution < 1.29 is 13.2 Å². The quantitative estimate of drug-likeness (QED) is 0.531. The molecule has 15 heavy (non-hydrogen) atoms. The molecule has 82 valence electrons. The zero-order valence-corrected chi connectivity index (χ0v) is 8.83. The Morgan fingerprint density at radius 1 is 1.07 bits per heavy atom. The molecule has 1 rings (SSSR count). The third-order valence-electron chi connectivity index (χ3n) is 2.45. The highest BCUT2D eigenvalue weighted by Gasteiger charge is 2.20. The first kappa shape index (κ1) is 11.8. The first-order valence-corrected chi connectivity index (χ1v) is 4.80. The number of rotatable bonds is 3. The van der Waals surface area contributed by atoms with E-state index in [9.17, 15) is 13.2 Å². The van der Waals surface area contributed by atoms with Gasteiger partial charge in [-0.3, -0.25) is 0 Å². The zero-order valence-electron chi connectivity index (χ0n) is 8.83. The Labute approximate surface area is 87.4 Å². The molecule has 0 aliphatic carbocycles. The van der Waals surface area contributed by atoms with Crippen molar-refractivity contribution in [3.8, 4) is 0 Å². The third kappa shape index (κ3) is 1.91. The minimum Gasteiger partial charge on any atom is -0.206 e. The van der Waals surface area contributed by atoms with Crippen LogP contribution in [0.15, 0.2) is 12.7 Å². The van der Waals surface area contributed by atoms with Gasteiger partial charge < -0.3 is 0 Å². The molecule has 0 atom stereocenters. The SMILES string of the molecule is C=CCc1c(F)c(C)c(F)c(F)c1CC. The molecule has 0 N–H and O–H groups in total. The smallest absolute Gasteiger partial charge is 0.164 e. The molecule has 0 nitrogen and oxygen atoms in total. The number of hydrogen-bond acceptors (Lipinski definition) is 0. The van der Waals surface area contributed by atoms with E-state index in [0.717, 1.165) is 0 Å². The second-order valence-electron chi connectivity index (χ2n) is 3.37. The highest BCUT2D eigenvalue weighted by Crippen LogP contribution is 2.25. The van der Waals surface area contributed by atoms with E-state index in [1.54, 1.807) is 6.92 Å². The highest BCUT2D eigenvalue weighted by atomic mass is 19.2. The summed E-state index contributed by atoms with van der Waals surface area (Å²) in [6.45, 7) is 6.37. The summed E-state index contributed by atoms with van der Waals surface area (Å²) in [6.07, 6.45) is 1.96. The van der Waals surface area contributed by atoms with Gasteiger partial charge in [0.2, 0.25) is 0 Å². The summed E-state index contributed by atoms with van der Waals surface area (Å²) in [5.74, 6) is -2.68. The molecule has 0 heterocycles. The maximum Gasteiger partial charge on any atom is 0.164 e. The normalized spacial score (nSPS) is 10.5. The summed E-state index contributed by atoms with van der Waals surface area (Å²) in [7, 11) is 0. The van der Waals surface area contributed by atoms with Gasteiger partial charge in [-0.25, -0.2) is 13.2 Å². The van der Waals surface area contributed by atoms with Gasteiger partial charge in [-0.15, -0.1) is 6.58 Å². The first-order valence-electron chi connectivity index (χ1n) is 4.80. The van der Waals surface area contributed by atoms with Crippen LogP contribution in [0.5, 0.6) is 0 Å². The van der Waals surface area contributed by atoms with Crippen LogP contribution in [0.25, 0.3) is 0 Å². The van der Waals surface area contributed by atoms with Crippen molar-refractivity contribution in [2.75, 3.05) is 0 Å². The van der Waals surface area contributed by atoms with E-state index in [-0.39, 0.29) is 29.5 Å². The van der Waals surface area contributed by atoms with Gasteiger partial charge in [0.1, 0.15) is 5.82 Å². The molecule has 0 amide bonds. The summed E-state index contributed by atoms with van der Waals surface area (Å²) in [5, 5.41) is 0. The fourth-order valence-corrected chi connectivity index (χ4v) is 1.61. The summed E-state index contributed by atoms with van der Waals surface area (Å²) < 4.78 is 40.3. The predicted molar refractivity (Wildman–Crippen MR) is 54.3 cm³/mol. The molecule has 0 aliphatic heterocycles. The van der Waals surface area contributed by atoms with Crippen molar-refractivity contribution in [1.82, 2.24) is 0 Å². The first-order chi connectivity index (χ1) is 7.04. The monoisotopic (exact) mass is 214 g/mol. The molecular weight excluding hydrogens is 201 g/mol. The molecule has 0 fully saturated rings. The molecule has 0 radical (unpaired) electrons. The average molecular weight is 214 g/mol. The van der Waals surface area contributed by atoms with Crippen LogP contribution >= 0.6 is 0 Å². The van der Waals surface area contributed by atoms with Crippen LogP contribution in [0.3, 0.4) is 0 Å². The van der Waals surface area contributed by atoms with Crippen molar-refractivity contribution >= 4 is 0 Å². The third-order valence-corrected chi connectivity index (χ3v) is 2.45. The summed E-state index contributed by atoms with van der Waals surface area (Å²) in [6, 6.07) is 0. The molecule has 0 spiro atoms. The van der Waals surface area contributed by atoms with Gasteiger partial charge in [-0.05, 0) is 30.9 Å². The number of benzene rings is 1. The van der Waals surface area contributed by atoms with E-state index >= 15 is 0 Å². The standard InChI is InChI=1S/C12H13F3/c1-4-6-9-8(5-2)12(15)11(14)7(3)10(9)13/h4H,1,5-6H2,2-3H3. The number of hydrogen-bond donors (Lipinski definition) is 0. The maximum absolute atomic E-state index is 13.6. The Morgan fingerprint density at radius 2 is 1.67 bits per heavy atom. The minimum atomic E-state index is -1.09. The molecule has 1 aromatic carbocycles. The predicted octanol–water partition coefficient (Wildman–Crippen LogP) is 3.70. The van der Waals surface area contributed by atoms with Gasteiger partial charge in [0.15, 0.2) is 11.6 Å². The second-order valence-corrected chi connectivity index (χ2v) is 3.37. The van der Waals surface area contributed by atoms with E-state index in [1.165, 1.54) is 13.0 Å². The van der Waals surface area contributed by atoms with E-state index < -0.39 is 17.5 Å². The van der Waals surface area contributed by atoms with Gasteiger partial charge in [0, 0.05) is 5.56 Å². The summed E-state index contributed by atoms with van der Waals surface area (Å²) in [4.78, 5) is 0. The molecule has 0 aromatic heterocycles. The fourth-order valence-electron chi connectivity index (χ4n) is 1.61. The van der Waals surface area contributed by atoms with Crippen LogP contribution in [-0.4, -0.2) is 0 Å². The van der Waals surface area contributed by atoms with Gasteiger partial charge in [-0.1, -0.05) is 13.0 Å². The van der Waals surface area contributed by atoms with Crippen molar-refractivity contribution in [1.29, 1.82) is 0 Å². The topological polar surface area (TPSA) is 0 Å². The molecule has 0 saturated heterocycles. The van der Waals surface area contributed by atoms with Crippen molar-refractivity contribution in [3.05, 3.63) is 46.8 Å². The molecule has 1 aromatic rings. The lowest BCUT2D eigenvalue weighted by molar-refractivity contribution is 0.473. The van der Waals surface area contributed by atoms with Crippen LogP contribution in [-0.2, 0) is 12.8 Å². The largest absolute Gasteiger partial charge is 0.206 e. The van der Waals surface area contributed by atoms with Crippen molar-refractivity contribution in [2.45, 2.75) is 26.7 Å². The van der Waals surface area contributed by atoms with E-state index in [4.69, 9.17) is 0 Å². The molecule has 0 bridgehead atoms. The van der Waals surface area contributed by atoms with Gasteiger partial charge in [0.25, 0.3) is 0 Å². The van der Waals surface area contributed by atoms with E-state index in [1.807, 2.05) is 0 Å². The Bertz CT molecular complexity index is 395.